The zero-order valence-corrected chi connectivity index (χ0v) is 20.7. The van der Waals surface area contributed by atoms with Gasteiger partial charge < -0.3 is 35.3 Å². The first-order chi connectivity index (χ1) is 16.1. The number of nitrogens with one attached hydrogen (secondary N) is 3. The number of carboxylic acids is 1. The van der Waals surface area contributed by atoms with E-state index in [1.54, 1.807) is 11.8 Å². The summed E-state index contributed by atoms with van der Waals surface area (Å²) in [6.07, 6.45) is 3.46. The van der Waals surface area contributed by atoms with Gasteiger partial charge in [-0.15, -0.1) is 0 Å². The third-order valence-corrected chi connectivity index (χ3v) is 7.68. The lowest BCUT2D eigenvalue weighted by molar-refractivity contribution is -0.138. The number of aliphatic carboxylic acids is 1. The summed E-state index contributed by atoms with van der Waals surface area (Å²) in [4.78, 5) is 33.7. The molecule has 2 saturated heterocycles. The lowest BCUT2D eigenvalue weighted by atomic mass is 10.0. The summed E-state index contributed by atoms with van der Waals surface area (Å²) in [7, 11) is 0. The summed E-state index contributed by atoms with van der Waals surface area (Å²) in [6, 6.07) is 0.443. The predicted octanol–water partition coefficient (Wildman–Crippen LogP) is 1.09. The first-order valence-electron chi connectivity index (χ1n) is 11.5. The Morgan fingerprint density at radius 2 is 1.73 bits per heavy atom. The first kappa shape index (κ1) is 28.0. The molecule has 0 aliphatic carbocycles. The molecule has 2 aliphatic heterocycles. The summed E-state index contributed by atoms with van der Waals surface area (Å²) in [5.74, 6) is 1.92. The van der Waals surface area contributed by atoms with Crippen LogP contribution < -0.4 is 16.0 Å². The summed E-state index contributed by atoms with van der Waals surface area (Å²) < 4.78 is 15.9. The molecular weight excluding hydrogens is 470 g/mol. The SMILES string of the molecule is O=C(O)CCOCCOCCOCCSCCNC(=O)CCCCC1SCC2NC(=O)NC21. The van der Waals surface area contributed by atoms with Crippen molar-refractivity contribution in [2.24, 2.45) is 0 Å². The highest BCUT2D eigenvalue weighted by molar-refractivity contribution is 8.00. The van der Waals surface area contributed by atoms with Crippen LogP contribution in [0.25, 0.3) is 0 Å². The Kier molecular flexibility index (Phi) is 14.7. The lowest BCUT2D eigenvalue weighted by Gasteiger charge is -2.16. The normalized spacial score (nSPS) is 21.5. The maximum Gasteiger partial charge on any atom is 0.315 e. The second-order valence-corrected chi connectivity index (χ2v) is 10.3. The second kappa shape index (κ2) is 17.3. The molecule has 3 amide bonds. The molecule has 33 heavy (non-hydrogen) atoms. The average Bonchev–Trinajstić information content (AvgIpc) is 3.33. The number of hydrogen-bond acceptors (Lipinski definition) is 8. The number of unbranched alkanes of at least 4 members (excludes halogenated alkanes) is 1. The number of urea groups is 1. The second-order valence-electron chi connectivity index (χ2n) is 7.81. The van der Waals surface area contributed by atoms with Crippen LogP contribution in [0.5, 0.6) is 0 Å². The molecule has 12 heteroatoms. The van der Waals surface area contributed by atoms with E-state index in [1.165, 1.54) is 0 Å². The fourth-order valence-corrected chi connectivity index (χ4v) is 5.78. The van der Waals surface area contributed by atoms with E-state index in [4.69, 9.17) is 19.3 Å². The van der Waals surface area contributed by atoms with Crippen molar-refractivity contribution in [3.05, 3.63) is 0 Å². The monoisotopic (exact) mass is 507 g/mol. The predicted molar refractivity (Wildman–Crippen MR) is 129 cm³/mol. The zero-order valence-electron chi connectivity index (χ0n) is 19.1. The van der Waals surface area contributed by atoms with Gasteiger partial charge in [0.15, 0.2) is 0 Å². The molecule has 2 aliphatic rings. The molecule has 0 radical (unpaired) electrons. The fraction of sp³-hybridized carbons (Fsp3) is 0.857. The van der Waals surface area contributed by atoms with Crippen molar-refractivity contribution in [2.75, 3.05) is 63.4 Å². The van der Waals surface area contributed by atoms with Crippen LogP contribution in [0.15, 0.2) is 0 Å². The third kappa shape index (κ3) is 12.7. The molecule has 0 aromatic heterocycles. The van der Waals surface area contributed by atoms with Gasteiger partial charge in [0.25, 0.3) is 0 Å². The largest absolute Gasteiger partial charge is 0.481 e. The summed E-state index contributed by atoms with van der Waals surface area (Å²) in [5, 5.41) is 17.8. The molecule has 0 bridgehead atoms. The van der Waals surface area contributed by atoms with Crippen LogP contribution in [0.1, 0.15) is 32.1 Å². The van der Waals surface area contributed by atoms with Crippen molar-refractivity contribution in [3.8, 4) is 0 Å². The van der Waals surface area contributed by atoms with Gasteiger partial charge in [0.05, 0.1) is 58.1 Å². The van der Waals surface area contributed by atoms with Crippen LogP contribution in [0.3, 0.4) is 0 Å². The molecule has 3 atom stereocenters. The molecule has 0 aromatic carbocycles. The van der Waals surface area contributed by atoms with Gasteiger partial charge >= 0.3 is 12.0 Å². The maximum absolute atomic E-state index is 11.9. The smallest absolute Gasteiger partial charge is 0.315 e. The highest BCUT2D eigenvalue weighted by Crippen LogP contribution is 2.33. The summed E-state index contributed by atoms with van der Waals surface area (Å²) in [6.45, 7) is 3.29. The molecule has 0 aromatic rings. The third-order valence-electron chi connectivity index (χ3n) is 5.23. The Hall–Kier alpha value is -1.21. The van der Waals surface area contributed by atoms with E-state index in [1.807, 2.05) is 11.8 Å². The molecule has 10 nitrogen and oxygen atoms in total. The highest BCUT2D eigenvalue weighted by Gasteiger charge is 2.42. The van der Waals surface area contributed by atoms with E-state index in [-0.39, 0.29) is 37.0 Å². The number of fused-ring (bicyclic) bond motifs is 1. The first-order valence-corrected chi connectivity index (χ1v) is 13.7. The molecule has 2 heterocycles. The van der Waals surface area contributed by atoms with Crippen molar-refractivity contribution in [1.29, 1.82) is 0 Å². The van der Waals surface area contributed by atoms with E-state index in [0.29, 0.717) is 51.2 Å². The summed E-state index contributed by atoms with van der Waals surface area (Å²) in [5.41, 5.74) is 0. The van der Waals surface area contributed by atoms with Gasteiger partial charge in [-0.2, -0.15) is 23.5 Å². The van der Waals surface area contributed by atoms with Crippen LogP contribution in [0.2, 0.25) is 0 Å². The van der Waals surface area contributed by atoms with Crippen molar-refractivity contribution in [2.45, 2.75) is 49.4 Å². The fourth-order valence-electron chi connectivity index (χ4n) is 3.55. The Morgan fingerprint density at radius 3 is 2.48 bits per heavy atom. The molecular formula is C21H37N3O7S2. The minimum Gasteiger partial charge on any atom is -0.481 e. The van der Waals surface area contributed by atoms with E-state index in [0.717, 1.165) is 36.5 Å². The molecule has 0 saturated carbocycles. The molecule has 2 fully saturated rings. The van der Waals surface area contributed by atoms with E-state index in [9.17, 15) is 14.4 Å². The molecule has 4 N–H and O–H groups in total. The van der Waals surface area contributed by atoms with Crippen molar-refractivity contribution in [3.63, 3.8) is 0 Å². The van der Waals surface area contributed by atoms with Gasteiger partial charge in [-0.05, 0) is 12.8 Å². The Balaban J connectivity index is 1.28. The minimum atomic E-state index is -0.868. The molecule has 190 valence electrons. The van der Waals surface area contributed by atoms with Crippen LogP contribution in [-0.2, 0) is 23.8 Å². The average molecular weight is 508 g/mol. The van der Waals surface area contributed by atoms with Crippen molar-refractivity contribution in [1.82, 2.24) is 16.0 Å². The molecule has 2 rings (SSSR count). The topological polar surface area (TPSA) is 135 Å². The Labute approximate surface area is 204 Å². The number of carbonyl (C=O) groups is 3. The van der Waals surface area contributed by atoms with Gasteiger partial charge in [-0.3, -0.25) is 9.59 Å². The van der Waals surface area contributed by atoms with Gasteiger partial charge in [-0.25, -0.2) is 4.79 Å². The number of rotatable bonds is 20. The van der Waals surface area contributed by atoms with Gasteiger partial charge in [-0.1, -0.05) is 6.42 Å². The van der Waals surface area contributed by atoms with Crippen molar-refractivity contribution < 1.29 is 33.7 Å². The number of carbonyl (C=O) groups excluding carboxylic acids is 2. The van der Waals surface area contributed by atoms with Gasteiger partial charge in [0.2, 0.25) is 5.91 Å². The van der Waals surface area contributed by atoms with Crippen LogP contribution in [0, 0.1) is 0 Å². The standard InChI is InChI=1S/C21H37N3O7S2/c25-18(4-2-1-3-17-20-16(15-33-17)23-21(28)24-20)22-6-13-32-14-12-31-11-10-30-9-8-29-7-5-19(26)27/h16-17,20H,1-15H2,(H,22,25)(H,26,27)(H2,23,24,28). The number of carboxylic acid groups (broad SMARTS) is 1. The van der Waals surface area contributed by atoms with E-state index >= 15 is 0 Å². The minimum absolute atomic E-state index is 0.00594. The summed E-state index contributed by atoms with van der Waals surface area (Å²) >= 11 is 3.65. The van der Waals surface area contributed by atoms with Crippen molar-refractivity contribution >= 4 is 41.4 Å². The van der Waals surface area contributed by atoms with E-state index in [2.05, 4.69) is 16.0 Å². The zero-order chi connectivity index (χ0) is 23.7. The van der Waals surface area contributed by atoms with Crippen LogP contribution in [0.4, 0.5) is 4.79 Å². The van der Waals surface area contributed by atoms with Gasteiger partial charge in [0, 0.05) is 35.5 Å². The quantitative estimate of drug-likeness (QED) is 0.141. The molecule has 0 spiro atoms. The Morgan fingerprint density at radius 1 is 1.00 bits per heavy atom. The number of hydrogen-bond donors (Lipinski definition) is 4. The lowest BCUT2D eigenvalue weighted by Crippen LogP contribution is -2.36. The maximum atomic E-state index is 11.9. The van der Waals surface area contributed by atoms with E-state index < -0.39 is 5.97 Å². The number of thioether (sulfide) groups is 2. The number of ether oxygens (including phenoxy) is 3. The number of amides is 3. The Bertz CT molecular complexity index is 600. The molecule has 3 unspecified atom stereocenters. The van der Waals surface area contributed by atoms with Crippen LogP contribution >= 0.6 is 23.5 Å². The highest BCUT2D eigenvalue weighted by atomic mass is 32.2. The van der Waals surface area contributed by atoms with Gasteiger partial charge in [0.1, 0.15) is 0 Å². The van der Waals surface area contributed by atoms with Crippen LogP contribution in [-0.4, -0.2) is 104 Å².